The smallest absolute Gasteiger partial charge is 0.264 e. The summed E-state index contributed by atoms with van der Waals surface area (Å²) < 4.78 is 5.63. The Labute approximate surface area is 169 Å². The topological polar surface area (TPSA) is 71.5 Å². The van der Waals surface area contributed by atoms with Crippen LogP contribution in [0.1, 0.15) is 42.0 Å². The molecule has 0 fully saturated rings. The zero-order valence-corrected chi connectivity index (χ0v) is 17.7. The van der Waals surface area contributed by atoms with Crippen LogP contribution in [-0.2, 0) is 22.6 Å². The lowest BCUT2D eigenvalue weighted by Gasteiger charge is -2.26. The van der Waals surface area contributed by atoms with Gasteiger partial charge < -0.3 is 9.64 Å². The molecule has 1 aromatic carbocycles. The van der Waals surface area contributed by atoms with E-state index in [2.05, 4.69) is 10.3 Å². The van der Waals surface area contributed by atoms with E-state index in [1.165, 1.54) is 11.3 Å². The van der Waals surface area contributed by atoms with Crippen LogP contribution in [0.5, 0.6) is 5.75 Å². The fourth-order valence-corrected chi connectivity index (χ4v) is 4.24. The monoisotopic (exact) mass is 401 g/mol. The number of carbonyl (C=O) groups excluding carboxylic acids is 2. The number of rotatable bonds is 6. The average Bonchev–Trinajstić information content (AvgIpc) is 3.01. The van der Waals surface area contributed by atoms with Gasteiger partial charge in [0.15, 0.2) is 11.7 Å². The van der Waals surface area contributed by atoms with Crippen LogP contribution in [0, 0.1) is 19.8 Å². The van der Waals surface area contributed by atoms with Crippen LogP contribution in [0.4, 0.5) is 5.13 Å². The summed E-state index contributed by atoms with van der Waals surface area (Å²) in [4.78, 5) is 32.0. The molecule has 1 aromatic heterocycles. The second-order valence-electron chi connectivity index (χ2n) is 7.66. The van der Waals surface area contributed by atoms with E-state index >= 15 is 0 Å². The van der Waals surface area contributed by atoms with Gasteiger partial charge in [0, 0.05) is 24.3 Å². The molecule has 0 spiro atoms. The highest BCUT2D eigenvalue weighted by Gasteiger charge is 2.24. The van der Waals surface area contributed by atoms with Gasteiger partial charge in [0.25, 0.3) is 5.91 Å². The predicted molar refractivity (Wildman–Crippen MR) is 111 cm³/mol. The van der Waals surface area contributed by atoms with Crippen LogP contribution in [0.2, 0.25) is 0 Å². The van der Waals surface area contributed by atoms with Crippen molar-refractivity contribution in [2.45, 2.75) is 47.1 Å². The van der Waals surface area contributed by atoms with Crippen molar-refractivity contribution in [3.05, 3.63) is 39.9 Å². The highest BCUT2D eigenvalue weighted by molar-refractivity contribution is 7.15. The standard InChI is InChI=1S/C21H27N3O3S/c1-13(2)9-20(26)24-8-7-16-18(11-24)28-21(22-16)23-19(25)12-27-17-6-5-14(3)10-15(17)4/h5-6,10,13H,7-9,11-12H2,1-4H3,(H,22,23,25). The Hall–Kier alpha value is -2.41. The Bertz CT molecular complexity index is 876. The number of aryl methyl sites for hydroxylation is 2. The number of aromatic nitrogens is 1. The normalized spacial score (nSPS) is 13.4. The van der Waals surface area contributed by atoms with Gasteiger partial charge in [0.1, 0.15) is 5.75 Å². The number of nitrogens with zero attached hydrogens (tertiary/aromatic N) is 2. The Morgan fingerprint density at radius 3 is 2.82 bits per heavy atom. The summed E-state index contributed by atoms with van der Waals surface area (Å²) in [5, 5.41) is 3.38. The SMILES string of the molecule is Cc1ccc(OCC(=O)Nc2nc3c(s2)CN(C(=O)CC(C)C)CC3)c(C)c1. The lowest BCUT2D eigenvalue weighted by molar-refractivity contribution is -0.132. The average molecular weight is 402 g/mol. The number of amides is 2. The first kappa shape index (κ1) is 20.3. The summed E-state index contributed by atoms with van der Waals surface area (Å²) in [6, 6.07) is 5.86. The Morgan fingerprint density at radius 1 is 1.32 bits per heavy atom. The number of benzene rings is 1. The van der Waals surface area contributed by atoms with Gasteiger partial charge in [0.2, 0.25) is 5.91 Å². The molecule has 0 bridgehead atoms. The molecular weight excluding hydrogens is 374 g/mol. The van der Waals surface area contributed by atoms with Crippen molar-refractivity contribution in [2.75, 3.05) is 18.5 Å². The van der Waals surface area contributed by atoms with Crippen molar-refractivity contribution in [1.29, 1.82) is 0 Å². The van der Waals surface area contributed by atoms with Gasteiger partial charge in [-0.3, -0.25) is 14.9 Å². The molecule has 0 aliphatic carbocycles. The van der Waals surface area contributed by atoms with Crippen LogP contribution in [0.25, 0.3) is 0 Å². The van der Waals surface area contributed by atoms with Crippen molar-refractivity contribution < 1.29 is 14.3 Å². The first-order chi connectivity index (χ1) is 13.3. The van der Waals surface area contributed by atoms with Crippen LogP contribution in [-0.4, -0.2) is 34.8 Å². The number of carbonyl (C=O) groups is 2. The van der Waals surface area contributed by atoms with E-state index in [-0.39, 0.29) is 18.4 Å². The maximum atomic E-state index is 12.3. The maximum Gasteiger partial charge on any atom is 0.264 e. The number of nitrogens with one attached hydrogen (secondary N) is 1. The van der Waals surface area contributed by atoms with Crippen LogP contribution in [0.3, 0.4) is 0 Å². The van der Waals surface area contributed by atoms with Gasteiger partial charge in [-0.25, -0.2) is 4.98 Å². The minimum absolute atomic E-state index is 0.0624. The number of hydrogen-bond acceptors (Lipinski definition) is 5. The molecule has 3 rings (SSSR count). The second-order valence-corrected chi connectivity index (χ2v) is 8.74. The van der Waals surface area contributed by atoms with Gasteiger partial charge >= 0.3 is 0 Å². The molecule has 0 saturated heterocycles. The van der Waals surface area contributed by atoms with Crippen LogP contribution >= 0.6 is 11.3 Å². The summed E-state index contributed by atoms with van der Waals surface area (Å²) in [7, 11) is 0. The molecule has 6 nitrogen and oxygen atoms in total. The Morgan fingerprint density at radius 2 is 2.11 bits per heavy atom. The molecule has 150 valence electrons. The minimum Gasteiger partial charge on any atom is -0.483 e. The first-order valence-electron chi connectivity index (χ1n) is 9.58. The molecule has 0 unspecified atom stereocenters. The van der Waals surface area contributed by atoms with Gasteiger partial charge in [-0.1, -0.05) is 42.9 Å². The molecule has 7 heteroatoms. The third kappa shape index (κ3) is 5.10. The van der Waals surface area contributed by atoms with E-state index in [4.69, 9.17) is 4.74 Å². The zero-order valence-electron chi connectivity index (χ0n) is 16.9. The lowest BCUT2D eigenvalue weighted by atomic mass is 10.1. The van der Waals surface area contributed by atoms with Gasteiger partial charge in [-0.15, -0.1) is 0 Å². The molecule has 2 amide bonds. The zero-order chi connectivity index (χ0) is 20.3. The molecule has 28 heavy (non-hydrogen) atoms. The number of thiazole rings is 1. The lowest BCUT2D eigenvalue weighted by Crippen LogP contribution is -2.36. The molecular formula is C21H27N3O3S. The number of ether oxygens (including phenoxy) is 1. The van der Waals surface area contributed by atoms with E-state index in [1.54, 1.807) is 0 Å². The first-order valence-corrected chi connectivity index (χ1v) is 10.4. The predicted octanol–water partition coefficient (Wildman–Crippen LogP) is 3.71. The minimum atomic E-state index is -0.237. The van der Waals surface area contributed by atoms with Crippen molar-refractivity contribution in [3.8, 4) is 5.75 Å². The van der Waals surface area contributed by atoms with Crippen molar-refractivity contribution >= 4 is 28.3 Å². The third-order valence-corrected chi connectivity index (χ3v) is 5.60. The summed E-state index contributed by atoms with van der Waals surface area (Å²) in [6.45, 7) is 9.28. The fraction of sp³-hybridized carbons (Fsp3) is 0.476. The second kappa shape index (κ2) is 8.73. The van der Waals surface area contributed by atoms with E-state index < -0.39 is 0 Å². The van der Waals surface area contributed by atoms with Gasteiger partial charge in [0.05, 0.1) is 12.2 Å². The van der Waals surface area contributed by atoms with E-state index in [0.717, 1.165) is 28.1 Å². The van der Waals surface area contributed by atoms with Crippen LogP contribution in [0.15, 0.2) is 18.2 Å². The quantitative estimate of drug-likeness (QED) is 0.801. The fourth-order valence-electron chi connectivity index (χ4n) is 3.20. The van der Waals surface area contributed by atoms with E-state index in [1.807, 2.05) is 50.8 Å². The molecule has 1 aliphatic heterocycles. The van der Waals surface area contributed by atoms with Crippen molar-refractivity contribution in [1.82, 2.24) is 9.88 Å². The van der Waals surface area contributed by atoms with Gasteiger partial charge in [-0.05, 0) is 31.4 Å². The molecule has 1 N–H and O–H groups in total. The maximum absolute atomic E-state index is 12.3. The number of hydrogen-bond donors (Lipinski definition) is 1. The van der Waals surface area contributed by atoms with Crippen molar-refractivity contribution in [3.63, 3.8) is 0 Å². The highest BCUT2D eigenvalue weighted by atomic mass is 32.1. The van der Waals surface area contributed by atoms with Crippen molar-refractivity contribution in [2.24, 2.45) is 5.92 Å². The summed E-state index contributed by atoms with van der Waals surface area (Å²) >= 11 is 1.44. The van der Waals surface area contributed by atoms with Crippen LogP contribution < -0.4 is 10.1 Å². The number of fused-ring (bicyclic) bond motifs is 1. The van der Waals surface area contributed by atoms with Gasteiger partial charge in [-0.2, -0.15) is 0 Å². The number of anilines is 1. The Kier molecular flexibility index (Phi) is 6.34. The molecule has 0 saturated carbocycles. The molecule has 2 aromatic rings. The summed E-state index contributed by atoms with van der Waals surface area (Å²) in [5.41, 5.74) is 3.14. The molecule has 2 heterocycles. The van der Waals surface area contributed by atoms with E-state index in [9.17, 15) is 9.59 Å². The highest BCUT2D eigenvalue weighted by Crippen LogP contribution is 2.29. The Balaban J connectivity index is 1.55. The largest absolute Gasteiger partial charge is 0.483 e. The van der Waals surface area contributed by atoms with E-state index in [0.29, 0.717) is 36.3 Å². The summed E-state index contributed by atoms with van der Waals surface area (Å²) in [5.74, 6) is 1.00. The third-order valence-electron chi connectivity index (χ3n) is 4.60. The molecule has 1 aliphatic rings. The summed E-state index contributed by atoms with van der Waals surface area (Å²) in [6.07, 6.45) is 1.29. The molecule has 0 atom stereocenters. The molecule has 0 radical (unpaired) electrons.